The van der Waals surface area contributed by atoms with E-state index in [9.17, 15) is 4.79 Å². The van der Waals surface area contributed by atoms with Gasteiger partial charge in [0.05, 0.1) is 0 Å². The zero-order valence-corrected chi connectivity index (χ0v) is 8.53. The molecule has 1 aromatic heterocycles. The Morgan fingerprint density at radius 3 is 2.57 bits per heavy atom. The van der Waals surface area contributed by atoms with Gasteiger partial charge in [-0.15, -0.1) is 0 Å². The van der Waals surface area contributed by atoms with Crippen molar-refractivity contribution in [1.29, 1.82) is 0 Å². The Balaban J connectivity index is 2.88. The zero-order chi connectivity index (χ0) is 10.6. The maximum absolute atomic E-state index is 11.8. The molecule has 1 heterocycles. The van der Waals surface area contributed by atoms with E-state index < -0.39 is 0 Å². The number of nitrogens with zero attached hydrogens (tertiary/aromatic N) is 2. The van der Waals surface area contributed by atoms with E-state index in [1.165, 1.54) is 0 Å². The summed E-state index contributed by atoms with van der Waals surface area (Å²) in [5, 5.41) is 0. The van der Waals surface area contributed by atoms with Gasteiger partial charge in [-0.2, -0.15) is 0 Å². The zero-order valence-electron chi connectivity index (χ0n) is 8.53. The molecule has 0 aromatic carbocycles. The van der Waals surface area contributed by atoms with Gasteiger partial charge in [-0.25, -0.2) is 4.98 Å². The minimum Gasteiger partial charge on any atom is -0.384 e. The van der Waals surface area contributed by atoms with Crippen LogP contribution in [-0.2, 0) is 0 Å². The molecule has 0 aliphatic rings. The lowest BCUT2D eigenvalue weighted by Gasteiger charge is -2.17. The number of anilines is 1. The third kappa shape index (κ3) is 2.22. The van der Waals surface area contributed by atoms with E-state index >= 15 is 0 Å². The summed E-state index contributed by atoms with van der Waals surface area (Å²) in [7, 11) is 0. The number of hydrogen-bond acceptors (Lipinski definition) is 3. The van der Waals surface area contributed by atoms with E-state index in [2.05, 4.69) is 4.98 Å². The van der Waals surface area contributed by atoms with Crippen molar-refractivity contribution in [2.75, 3.05) is 18.8 Å². The van der Waals surface area contributed by atoms with Crippen LogP contribution < -0.4 is 5.73 Å². The average Bonchev–Trinajstić information content (AvgIpc) is 2.19. The van der Waals surface area contributed by atoms with Crippen LogP contribution in [0.3, 0.4) is 0 Å². The Hall–Kier alpha value is -1.58. The number of carbonyl (C=O) groups is 1. The highest BCUT2D eigenvalue weighted by Crippen LogP contribution is 2.04. The first-order valence-corrected chi connectivity index (χ1v) is 4.70. The van der Waals surface area contributed by atoms with Crippen molar-refractivity contribution < 1.29 is 4.79 Å². The Morgan fingerprint density at radius 2 is 2.07 bits per heavy atom. The van der Waals surface area contributed by atoms with Gasteiger partial charge in [-0.05, 0) is 26.0 Å². The Bertz CT molecular complexity index is 321. The summed E-state index contributed by atoms with van der Waals surface area (Å²) in [6.07, 6.45) is 0. The van der Waals surface area contributed by atoms with Crippen LogP contribution in [0.1, 0.15) is 24.3 Å². The van der Waals surface area contributed by atoms with E-state index in [4.69, 9.17) is 5.73 Å². The van der Waals surface area contributed by atoms with E-state index in [0.29, 0.717) is 24.6 Å². The van der Waals surface area contributed by atoms with Crippen LogP contribution in [0.25, 0.3) is 0 Å². The molecule has 0 saturated carbocycles. The van der Waals surface area contributed by atoms with Gasteiger partial charge in [0.1, 0.15) is 11.5 Å². The van der Waals surface area contributed by atoms with Gasteiger partial charge in [-0.3, -0.25) is 4.79 Å². The van der Waals surface area contributed by atoms with Crippen LogP contribution in [0.15, 0.2) is 18.2 Å². The smallest absolute Gasteiger partial charge is 0.272 e. The van der Waals surface area contributed by atoms with Gasteiger partial charge in [0, 0.05) is 13.1 Å². The molecule has 0 unspecified atom stereocenters. The van der Waals surface area contributed by atoms with E-state index in [1.807, 2.05) is 13.8 Å². The van der Waals surface area contributed by atoms with Gasteiger partial charge < -0.3 is 10.6 Å². The molecule has 76 valence electrons. The van der Waals surface area contributed by atoms with Crippen molar-refractivity contribution in [2.45, 2.75) is 13.8 Å². The summed E-state index contributed by atoms with van der Waals surface area (Å²) in [5.41, 5.74) is 5.91. The lowest BCUT2D eigenvalue weighted by Crippen LogP contribution is -2.31. The number of nitrogen functional groups attached to an aromatic ring is 1. The van der Waals surface area contributed by atoms with Crippen molar-refractivity contribution in [3.05, 3.63) is 23.9 Å². The highest BCUT2D eigenvalue weighted by atomic mass is 16.2. The molecular formula is C10H15N3O. The van der Waals surface area contributed by atoms with E-state index in [1.54, 1.807) is 23.1 Å². The normalized spacial score (nSPS) is 9.86. The molecule has 1 aromatic rings. The fraction of sp³-hybridized carbons (Fsp3) is 0.400. The molecule has 0 atom stereocenters. The van der Waals surface area contributed by atoms with Crippen LogP contribution in [0, 0.1) is 0 Å². The number of pyridine rings is 1. The molecule has 0 radical (unpaired) electrons. The van der Waals surface area contributed by atoms with Gasteiger partial charge >= 0.3 is 0 Å². The van der Waals surface area contributed by atoms with Crippen LogP contribution in [-0.4, -0.2) is 28.9 Å². The van der Waals surface area contributed by atoms with Gasteiger partial charge in [0.25, 0.3) is 5.91 Å². The summed E-state index contributed by atoms with van der Waals surface area (Å²) in [6.45, 7) is 5.25. The number of amides is 1. The fourth-order valence-corrected chi connectivity index (χ4v) is 1.24. The maximum atomic E-state index is 11.8. The number of nitrogens with two attached hydrogens (primary N) is 1. The van der Waals surface area contributed by atoms with Crippen LogP contribution >= 0.6 is 0 Å². The summed E-state index contributed by atoms with van der Waals surface area (Å²) < 4.78 is 0. The average molecular weight is 193 g/mol. The highest BCUT2D eigenvalue weighted by Gasteiger charge is 2.13. The number of hydrogen-bond donors (Lipinski definition) is 1. The number of aromatic nitrogens is 1. The molecule has 14 heavy (non-hydrogen) atoms. The van der Waals surface area contributed by atoms with E-state index in [0.717, 1.165) is 0 Å². The second-order valence-corrected chi connectivity index (χ2v) is 2.93. The third-order valence-electron chi connectivity index (χ3n) is 2.04. The lowest BCUT2D eigenvalue weighted by atomic mass is 10.3. The first-order chi connectivity index (χ1) is 6.69. The second-order valence-electron chi connectivity index (χ2n) is 2.93. The summed E-state index contributed by atoms with van der Waals surface area (Å²) in [6, 6.07) is 5.08. The van der Waals surface area contributed by atoms with Gasteiger partial charge in [0.15, 0.2) is 0 Å². The predicted octanol–water partition coefficient (Wildman–Crippen LogP) is 1.15. The standard InChI is InChI=1S/C10H15N3O/c1-3-13(4-2)10(14)8-6-5-7-9(11)12-8/h5-7H,3-4H2,1-2H3,(H2,11,12). The molecule has 0 bridgehead atoms. The van der Waals surface area contributed by atoms with Gasteiger partial charge in [-0.1, -0.05) is 6.07 Å². The molecule has 4 nitrogen and oxygen atoms in total. The molecule has 0 aliphatic carbocycles. The molecule has 2 N–H and O–H groups in total. The molecule has 0 spiro atoms. The second kappa shape index (κ2) is 4.60. The first kappa shape index (κ1) is 10.5. The summed E-state index contributed by atoms with van der Waals surface area (Å²) >= 11 is 0. The largest absolute Gasteiger partial charge is 0.384 e. The Labute approximate surface area is 83.7 Å². The molecule has 1 amide bonds. The molecule has 0 fully saturated rings. The minimum atomic E-state index is -0.0673. The fourth-order valence-electron chi connectivity index (χ4n) is 1.24. The van der Waals surface area contributed by atoms with Crippen molar-refractivity contribution in [1.82, 2.24) is 9.88 Å². The molecule has 1 rings (SSSR count). The van der Waals surface area contributed by atoms with Crippen molar-refractivity contribution >= 4 is 11.7 Å². The topological polar surface area (TPSA) is 59.2 Å². The summed E-state index contributed by atoms with van der Waals surface area (Å²) in [5.74, 6) is 0.310. The molecule has 0 saturated heterocycles. The number of rotatable bonds is 3. The van der Waals surface area contributed by atoms with Crippen molar-refractivity contribution in [3.8, 4) is 0 Å². The predicted molar refractivity (Wildman–Crippen MR) is 55.9 cm³/mol. The summed E-state index contributed by atoms with van der Waals surface area (Å²) in [4.78, 5) is 17.5. The molecule has 4 heteroatoms. The minimum absolute atomic E-state index is 0.0673. The van der Waals surface area contributed by atoms with Crippen LogP contribution in [0.4, 0.5) is 5.82 Å². The van der Waals surface area contributed by atoms with Crippen molar-refractivity contribution in [3.63, 3.8) is 0 Å². The van der Waals surface area contributed by atoms with E-state index in [-0.39, 0.29) is 5.91 Å². The first-order valence-electron chi connectivity index (χ1n) is 4.70. The number of carbonyl (C=O) groups excluding carboxylic acids is 1. The van der Waals surface area contributed by atoms with Crippen molar-refractivity contribution in [2.24, 2.45) is 0 Å². The SMILES string of the molecule is CCN(CC)C(=O)c1cccc(N)n1. The Kier molecular flexibility index (Phi) is 3.45. The van der Waals surface area contributed by atoms with Gasteiger partial charge in [0.2, 0.25) is 0 Å². The highest BCUT2D eigenvalue weighted by molar-refractivity contribution is 5.92. The molecule has 0 aliphatic heterocycles. The quantitative estimate of drug-likeness (QED) is 0.783. The lowest BCUT2D eigenvalue weighted by molar-refractivity contribution is 0.0767. The van der Waals surface area contributed by atoms with Crippen LogP contribution in [0.5, 0.6) is 0 Å². The van der Waals surface area contributed by atoms with Crippen LogP contribution in [0.2, 0.25) is 0 Å². The third-order valence-corrected chi connectivity index (χ3v) is 2.04. The Morgan fingerprint density at radius 1 is 1.43 bits per heavy atom. The molecular weight excluding hydrogens is 178 g/mol. The monoisotopic (exact) mass is 193 g/mol. The maximum Gasteiger partial charge on any atom is 0.272 e.